The molecule has 0 aromatic heterocycles. The highest BCUT2D eigenvalue weighted by Crippen LogP contribution is 2.29. The van der Waals surface area contributed by atoms with Gasteiger partial charge in [-0.3, -0.25) is 14.9 Å². The zero-order valence-corrected chi connectivity index (χ0v) is 14.6. The molecule has 0 saturated carbocycles. The minimum atomic E-state index is -0.694. The molecule has 27 heavy (non-hydrogen) atoms. The first kappa shape index (κ1) is 19.3. The highest BCUT2D eigenvalue weighted by Gasteiger charge is 2.15. The quantitative estimate of drug-likeness (QED) is 0.333. The molecule has 138 valence electrons. The summed E-state index contributed by atoms with van der Waals surface area (Å²) in [5.41, 5.74) is 0.456. The minimum absolute atomic E-state index is 0.107. The third-order valence-corrected chi connectivity index (χ3v) is 3.46. The Labute approximate surface area is 155 Å². The summed E-state index contributed by atoms with van der Waals surface area (Å²) in [6.45, 7) is 0. The molecule has 0 unspecified atom stereocenters. The second-order valence-corrected chi connectivity index (χ2v) is 5.14. The molecule has 9 heteroatoms. The summed E-state index contributed by atoms with van der Waals surface area (Å²) in [4.78, 5) is 22.6. The van der Waals surface area contributed by atoms with Crippen molar-refractivity contribution in [2.75, 3.05) is 24.9 Å². The maximum Gasteiger partial charge on any atom is 0.273 e. The van der Waals surface area contributed by atoms with Crippen molar-refractivity contribution in [2.45, 2.75) is 0 Å². The van der Waals surface area contributed by atoms with E-state index >= 15 is 0 Å². The Bertz CT molecular complexity index is 934. The zero-order chi connectivity index (χ0) is 19.8. The average Bonchev–Trinajstić information content (AvgIpc) is 2.68. The predicted molar refractivity (Wildman–Crippen MR) is 98.6 cm³/mol. The van der Waals surface area contributed by atoms with E-state index in [4.69, 9.17) is 9.47 Å². The second kappa shape index (κ2) is 8.87. The van der Waals surface area contributed by atoms with Gasteiger partial charge in [-0.15, -0.1) is 0 Å². The molecule has 0 spiro atoms. The van der Waals surface area contributed by atoms with Gasteiger partial charge < -0.3 is 20.1 Å². The Morgan fingerprint density at radius 2 is 2.00 bits per heavy atom. The van der Waals surface area contributed by atoms with Crippen LogP contribution in [0.15, 0.2) is 54.2 Å². The summed E-state index contributed by atoms with van der Waals surface area (Å²) in [6, 6.07) is 12.5. The Morgan fingerprint density at radius 1 is 1.22 bits per heavy atom. The largest absolute Gasteiger partial charge is 0.497 e. The lowest BCUT2D eigenvalue weighted by molar-refractivity contribution is -0.384. The first-order valence-electron chi connectivity index (χ1n) is 7.63. The number of anilines is 2. The molecule has 0 bridgehead atoms. The standard InChI is InChI=1S/C18H16N4O5/c1-26-15-5-3-4-13(8-15)20-11-12(10-19)18(23)21-16-7-6-14(22(24)25)9-17(16)27-2/h3-9,11,20H,1-2H3,(H,21,23)/b12-11-. The van der Waals surface area contributed by atoms with E-state index in [0.29, 0.717) is 11.4 Å². The maximum atomic E-state index is 12.3. The molecule has 2 aromatic rings. The molecule has 0 radical (unpaired) electrons. The van der Waals surface area contributed by atoms with E-state index in [2.05, 4.69) is 10.6 Å². The van der Waals surface area contributed by atoms with Crippen molar-refractivity contribution in [3.05, 3.63) is 64.4 Å². The summed E-state index contributed by atoms with van der Waals surface area (Å²) < 4.78 is 10.2. The number of nitriles is 1. The van der Waals surface area contributed by atoms with Crippen molar-refractivity contribution < 1.29 is 19.2 Å². The van der Waals surface area contributed by atoms with Crippen LogP contribution in [0.3, 0.4) is 0 Å². The van der Waals surface area contributed by atoms with Gasteiger partial charge in [-0.2, -0.15) is 5.26 Å². The fraction of sp³-hybridized carbons (Fsp3) is 0.111. The maximum absolute atomic E-state index is 12.3. The van der Waals surface area contributed by atoms with Gasteiger partial charge in [0.1, 0.15) is 23.1 Å². The first-order chi connectivity index (χ1) is 13.0. The lowest BCUT2D eigenvalue weighted by Gasteiger charge is -2.10. The van der Waals surface area contributed by atoms with Crippen LogP contribution in [0.2, 0.25) is 0 Å². The van der Waals surface area contributed by atoms with Crippen molar-refractivity contribution in [1.29, 1.82) is 5.26 Å². The van der Waals surface area contributed by atoms with Crippen LogP contribution in [0.25, 0.3) is 0 Å². The van der Waals surface area contributed by atoms with Gasteiger partial charge in [0.05, 0.1) is 30.9 Å². The van der Waals surface area contributed by atoms with E-state index < -0.39 is 10.8 Å². The molecule has 0 aliphatic rings. The number of nitrogens with zero attached hydrogens (tertiary/aromatic N) is 2. The number of benzene rings is 2. The fourth-order valence-electron chi connectivity index (χ4n) is 2.10. The number of nitrogens with one attached hydrogen (secondary N) is 2. The van der Waals surface area contributed by atoms with Gasteiger partial charge in [0.15, 0.2) is 0 Å². The number of carbonyl (C=O) groups is 1. The summed E-state index contributed by atoms with van der Waals surface area (Å²) in [5.74, 6) is 0.0302. The van der Waals surface area contributed by atoms with Gasteiger partial charge >= 0.3 is 0 Å². The van der Waals surface area contributed by atoms with Gasteiger partial charge in [0.25, 0.3) is 11.6 Å². The molecule has 0 fully saturated rings. The third-order valence-electron chi connectivity index (χ3n) is 3.46. The number of amides is 1. The number of hydrogen-bond acceptors (Lipinski definition) is 7. The molecule has 9 nitrogen and oxygen atoms in total. The van der Waals surface area contributed by atoms with Crippen LogP contribution in [0.5, 0.6) is 11.5 Å². The zero-order valence-electron chi connectivity index (χ0n) is 14.6. The summed E-state index contributed by atoms with van der Waals surface area (Å²) >= 11 is 0. The van der Waals surface area contributed by atoms with E-state index in [1.165, 1.54) is 38.6 Å². The normalized spacial score (nSPS) is 10.5. The van der Waals surface area contributed by atoms with Gasteiger partial charge in [0.2, 0.25) is 0 Å². The predicted octanol–water partition coefficient (Wildman–Crippen LogP) is 3.07. The molecule has 0 aliphatic heterocycles. The lowest BCUT2D eigenvalue weighted by Crippen LogP contribution is -2.15. The summed E-state index contributed by atoms with van der Waals surface area (Å²) in [5, 5.41) is 25.4. The SMILES string of the molecule is COc1cccc(N/C=C(/C#N)C(=O)Nc2ccc([N+](=O)[O-])cc2OC)c1. The van der Waals surface area contributed by atoms with Gasteiger partial charge in [-0.05, 0) is 18.2 Å². The number of hydrogen-bond donors (Lipinski definition) is 2. The van der Waals surface area contributed by atoms with E-state index in [1.54, 1.807) is 30.3 Å². The summed E-state index contributed by atoms with van der Waals surface area (Å²) in [7, 11) is 2.85. The molecule has 0 atom stereocenters. The monoisotopic (exact) mass is 368 g/mol. The van der Waals surface area contributed by atoms with Crippen LogP contribution in [0.1, 0.15) is 0 Å². The molecule has 2 aromatic carbocycles. The van der Waals surface area contributed by atoms with E-state index in [9.17, 15) is 20.2 Å². The fourth-order valence-corrected chi connectivity index (χ4v) is 2.10. The molecule has 2 N–H and O–H groups in total. The van der Waals surface area contributed by atoms with Crippen LogP contribution in [0.4, 0.5) is 17.1 Å². The Morgan fingerprint density at radius 3 is 2.63 bits per heavy atom. The van der Waals surface area contributed by atoms with Gasteiger partial charge in [-0.1, -0.05) is 6.07 Å². The van der Waals surface area contributed by atoms with Crippen molar-refractivity contribution in [2.24, 2.45) is 0 Å². The van der Waals surface area contributed by atoms with Gasteiger partial charge in [0, 0.05) is 24.0 Å². The third kappa shape index (κ3) is 4.96. The number of ether oxygens (including phenoxy) is 2. The van der Waals surface area contributed by atoms with E-state index in [-0.39, 0.29) is 22.7 Å². The van der Waals surface area contributed by atoms with E-state index in [0.717, 1.165) is 0 Å². The molecule has 0 heterocycles. The highest BCUT2D eigenvalue weighted by molar-refractivity contribution is 6.07. The Hall–Kier alpha value is -4.06. The smallest absolute Gasteiger partial charge is 0.273 e. The van der Waals surface area contributed by atoms with Crippen LogP contribution in [-0.2, 0) is 4.79 Å². The van der Waals surface area contributed by atoms with Gasteiger partial charge in [-0.25, -0.2) is 0 Å². The molecule has 2 rings (SSSR count). The number of nitro benzene ring substituents is 1. The number of carbonyl (C=O) groups excluding carboxylic acids is 1. The Balaban J connectivity index is 2.17. The molecule has 1 amide bonds. The van der Waals surface area contributed by atoms with Crippen molar-refractivity contribution in [1.82, 2.24) is 0 Å². The number of methoxy groups -OCH3 is 2. The van der Waals surface area contributed by atoms with Crippen LogP contribution in [-0.4, -0.2) is 25.1 Å². The number of rotatable bonds is 7. The van der Waals surface area contributed by atoms with E-state index in [1.807, 2.05) is 0 Å². The lowest BCUT2D eigenvalue weighted by atomic mass is 10.2. The van der Waals surface area contributed by atoms with Crippen LogP contribution >= 0.6 is 0 Å². The minimum Gasteiger partial charge on any atom is -0.497 e. The average molecular weight is 368 g/mol. The molecular formula is C18H16N4O5. The molecule has 0 aliphatic carbocycles. The van der Waals surface area contributed by atoms with Crippen LogP contribution in [0, 0.1) is 21.4 Å². The van der Waals surface area contributed by atoms with Crippen molar-refractivity contribution in [3.63, 3.8) is 0 Å². The topological polar surface area (TPSA) is 127 Å². The second-order valence-electron chi connectivity index (χ2n) is 5.14. The number of non-ortho nitro benzene ring substituents is 1. The van der Waals surface area contributed by atoms with Crippen molar-refractivity contribution in [3.8, 4) is 17.6 Å². The summed E-state index contributed by atoms with van der Waals surface area (Å²) in [6.07, 6.45) is 1.25. The molecular weight excluding hydrogens is 352 g/mol. The van der Waals surface area contributed by atoms with Crippen LogP contribution < -0.4 is 20.1 Å². The first-order valence-corrected chi connectivity index (χ1v) is 7.63. The highest BCUT2D eigenvalue weighted by atomic mass is 16.6. The van der Waals surface area contributed by atoms with Crippen molar-refractivity contribution >= 4 is 23.0 Å². The molecule has 0 saturated heterocycles. The Kier molecular flexibility index (Phi) is 6.33. The number of nitro groups is 1.